The van der Waals surface area contributed by atoms with Crippen molar-refractivity contribution in [3.8, 4) is 11.5 Å². The predicted octanol–water partition coefficient (Wildman–Crippen LogP) is 4.88. The summed E-state index contributed by atoms with van der Waals surface area (Å²) in [6, 6.07) is 10.9. The number of hydrogen-bond donors (Lipinski definition) is 1. The number of esters is 1. The van der Waals surface area contributed by atoms with Crippen molar-refractivity contribution in [2.24, 2.45) is 0 Å². The van der Waals surface area contributed by atoms with Gasteiger partial charge in [-0.15, -0.1) is 0 Å². The molecule has 0 bridgehead atoms. The molecule has 0 saturated carbocycles. The first-order chi connectivity index (χ1) is 11.5. The summed E-state index contributed by atoms with van der Waals surface area (Å²) in [5.41, 5.74) is 3.62. The van der Waals surface area contributed by atoms with Crippen LogP contribution in [0.4, 0.5) is 0 Å². The minimum atomic E-state index is -0.336. The molecule has 2 aromatic carbocycles. The third kappa shape index (κ3) is 3.15. The maximum atomic E-state index is 12.6. The smallest absolute Gasteiger partial charge is 0.328 e. The number of phenols is 1. The Morgan fingerprint density at radius 1 is 0.880 bits per heavy atom. The van der Waals surface area contributed by atoms with Crippen molar-refractivity contribution in [3.63, 3.8) is 0 Å². The van der Waals surface area contributed by atoms with Crippen LogP contribution in [0.3, 0.4) is 0 Å². The first kappa shape index (κ1) is 17.5. The second-order valence-electron chi connectivity index (χ2n) is 8.71. The Morgan fingerprint density at radius 3 is 2.00 bits per heavy atom. The molecule has 0 aliphatic carbocycles. The molecule has 3 heteroatoms. The van der Waals surface area contributed by atoms with Gasteiger partial charge in [0.2, 0.25) is 0 Å². The van der Waals surface area contributed by atoms with Crippen LogP contribution in [-0.2, 0) is 15.6 Å². The zero-order valence-corrected chi connectivity index (χ0v) is 15.7. The Bertz CT molecular complexity index is 818. The Kier molecular flexibility index (Phi) is 3.94. The lowest BCUT2D eigenvalue weighted by molar-refractivity contribution is -0.130. The van der Waals surface area contributed by atoms with Crippen LogP contribution < -0.4 is 4.74 Å². The summed E-state index contributed by atoms with van der Waals surface area (Å²) >= 11 is 0. The highest BCUT2D eigenvalue weighted by Gasteiger charge is 2.40. The number of aromatic hydroxyl groups is 1. The van der Waals surface area contributed by atoms with E-state index < -0.39 is 0 Å². The molecule has 0 saturated heterocycles. The number of rotatable bonds is 1. The van der Waals surface area contributed by atoms with Gasteiger partial charge in [0.1, 0.15) is 17.4 Å². The SMILES string of the molecule is CC(C)(C)c1cc2c(c(C(C)(C)C)c1)OC(=O)[C]2c1ccc(O)cc1. The molecule has 0 fully saturated rings. The highest BCUT2D eigenvalue weighted by Crippen LogP contribution is 2.46. The van der Waals surface area contributed by atoms with Gasteiger partial charge in [0, 0.05) is 11.1 Å². The van der Waals surface area contributed by atoms with E-state index in [4.69, 9.17) is 4.74 Å². The number of phenolic OH excluding ortho intramolecular Hbond substituents is 1. The van der Waals surface area contributed by atoms with Crippen molar-refractivity contribution in [2.45, 2.75) is 52.4 Å². The number of ether oxygens (including phenoxy) is 1. The van der Waals surface area contributed by atoms with Crippen LogP contribution in [-0.4, -0.2) is 11.1 Å². The molecule has 1 aliphatic rings. The van der Waals surface area contributed by atoms with Crippen molar-refractivity contribution in [3.05, 3.63) is 64.6 Å². The topological polar surface area (TPSA) is 46.5 Å². The van der Waals surface area contributed by atoms with Crippen LogP contribution in [0.15, 0.2) is 36.4 Å². The lowest BCUT2D eigenvalue weighted by Gasteiger charge is -2.27. The van der Waals surface area contributed by atoms with E-state index >= 15 is 0 Å². The summed E-state index contributed by atoms with van der Waals surface area (Å²) in [6.07, 6.45) is 0. The molecule has 2 aromatic rings. The number of carbonyl (C=O) groups excluding carboxylic acids is 1. The Hall–Kier alpha value is -2.29. The van der Waals surface area contributed by atoms with Gasteiger partial charge < -0.3 is 9.84 Å². The van der Waals surface area contributed by atoms with E-state index in [1.165, 1.54) is 5.56 Å². The van der Waals surface area contributed by atoms with Gasteiger partial charge in [0.15, 0.2) is 0 Å². The minimum Gasteiger partial charge on any atom is -0.508 e. The van der Waals surface area contributed by atoms with Gasteiger partial charge in [0.05, 0.1) is 0 Å². The average molecular weight is 337 g/mol. The average Bonchev–Trinajstić information content (AvgIpc) is 2.81. The number of carbonyl (C=O) groups is 1. The Labute approximate surface area is 149 Å². The van der Waals surface area contributed by atoms with Crippen molar-refractivity contribution < 1.29 is 14.6 Å². The van der Waals surface area contributed by atoms with E-state index in [1.807, 2.05) is 0 Å². The van der Waals surface area contributed by atoms with E-state index in [0.717, 1.165) is 16.7 Å². The summed E-state index contributed by atoms with van der Waals surface area (Å²) in [7, 11) is 0. The molecule has 25 heavy (non-hydrogen) atoms. The largest absolute Gasteiger partial charge is 0.508 e. The van der Waals surface area contributed by atoms with E-state index in [9.17, 15) is 9.90 Å². The van der Waals surface area contributed by atoms with Crippen molar-refractivity contribution in [1.29, 1.82) is 0 Å². The van der Waals surface area contributed by atoms with Gasteiger partial charge in [-0.05, 0) is 40.2 Å². The van der Waals surface area contributed by atoms with Gasteiger partial charge in [-0.2, -0.15) is 0 Å². The van der Waals surface area contributed by atoms with Crippen LogP contribution in [0.2, 0.25) is 0 Å². The van der Waals surface area contributed by atoms with Gasteiger partial charge in [-0.1, -0.05) is 59.7 Å². The van der Waals surface area contributed by atoms with E-state index in [0.29, 0.717) is 11.7 Å². The summed E-state index contributed by atoms with van der Waals surface area (Å²) in [6.45, 7) is 12.9. The molecular formula is C22H25O3. The first-order valence-corrected chi connectivity index (χ1v) is 8.56. The summed E-state index contributed by atoms with van der Waals surface area (Å²) in [5.74, 6) is 1.06. The molecule has 1 N–H and O–H groups in total. The molecule has 0 aromatic heterocycles. The molecule has 0 spiro atoms. The Balaban J connectivity index is 2.24. The zero-order chi connectivity index (χ0) is 18.6. The van der Waals surface area contributed by atoms with Crippen molar-refractivity contribution in [2.75, 3.05) is 0 Å². The fraction of sp³-hybridized carbons (Fsp3) is 0.364. The maximum absolute atomic E-state index is 12.6. The predicted molar refractivity (Wildman–Crippen MR) is 99.0 cm³/mol. The molecule has 1 heterocycles. The molecule has 3 nitrogen and oxygen atoms in total. The van der Waals surface area contributed by atoms with Crippen LogP contribution >= 0.6 is 0 Å². The lowest BCUT2D eigenvalue weighted by atomic mass is 9.77. The lowest BCUT2D eigenvalue weighted by Crippen LogP contribution is -2.17. The third-order valence-corrected chi connectivity index (χ3v) is 4.59. The highest BCUT2D eigenvalue weighted by molar-refractivity contribution is 6.01. The molecule has 0 atom stereocenters. The standard InChI is InChI=1S/C22H25O3/c1-21(2,3)14-11-16-18(13-7-9-15(23)10-8-13)20(24)25-19(16)17(12-14)22(4,5)6/h7-12,23H,1-6H3. The van der Waals surface area contributed by atoms with Gasteiger partial charge >= 0.3 is 5.97 Å². The molecular weight excluding hydrogens is 312 g/mol. The van der Waals surface area contributed by atoms with Crippen LogP contribution in [0.25, 0.3) is 0 Å². The molecule has 1 radical (unpaired) electrons. The second kappa shape index (κ2) is 5.62. The fourth-order valence-corrected chi connectivity index (χ4v) is 3.07. The summed E-state index contributed by atoms with van der Waals surface area (Å²) in [5, 5.41) is 9.54. The van der Waals surface area contributed by atoms with Crippen LogP contribution in [0.5, 0.6) is 11.5 Å². The number of benzene rings is 2. The highest BCUT2D eigenvalue weighted by atomic mass is 16.5. The van der Waals surface area contributed by atoms with Gasteiger partial charge in [-0.3, -0.25) is 4.79 Å². The van der Waals surface area contributed by atoms with E-state index in [1.54, 1.807) is 24.3 Å². The van der Waals surface area contributed by atoms with Crippen molar-refractivity contribution >= 4 is 5.97 Å². The molecule has 0 amide bonds. The Morgan fingerprint density at radius 2 is 1.48 bits per heavy atom. The minimum absolute atomic E-state index is 0.0409. The third-order valence-electron chi connectivity index (χ3n) is 4.59. The number of fused-ring (bicyclic) bond motifs is 1. The van der Waals surface area contributed by atoms with Crippen LogP contribution in [0.1, 0.15) is 63.8 Å². The number of hydrogen-bond acceptors (Lipinski definition) is 3. The van der Waals surface area contributed by atoms with Gasteiger partial charge in [-0.25, -0.2) is 0 Å². The summed E-state index contributed by atoms with van der Waals surface area (Å²) < 4.78 is 5.69. The van der Waals surface area contributed by atoms with Crippen LogP contribution in [0, 0.1) is 5.92 Å². The maximum Gasteiger partial charge on any atom is 0.328 e. The fourth-order valence-electron chi connectivity index (χ4n) is 3.07. The first-order valence-electron chi connectivity index (χ1n) is 8.56. The monoisotopic (exact) mass is 337 g/mol. The summed E-state index contributed by atoms with van der Waals surface area (Å²) in [4.78, 5) is 12.6. The quantitative estimate of drug-likeness (QED) is 0.596. The van der Waals surface area contributed by atoms with E-state index in [2.05, 4.69) is 53.7 Å². The molecule has 0 unspecified atom stereocenters. The van der Waals surface area contributed by atoms with Crippen molar-refractivity contribution in [1.82, 2.24) is 0 Å². The zero-order valence-electron chi connectivity index (χ0n) is 15.7. The normalized spacial score (nSPS) is 15.2. The molecule has 131 valence electrons. The molecule has 3 rings (SSSR count). The van der Waals surface area contributed by atoms with Gasteiger partial charge in [0.25, 0.3) is 0 Å². The second-order valence-corrected chi connectivity index (χ2v) is 8.71. The van der Waals surface area contributed by atoms with E-state index in [-0.39, 0.29) is 22.5 Å². The molecule has 1 aliphatic heterocycles.